The van der Waals surface area contributed by atoms with E-state index >= 15 is 0 Å². The quantitative estimate of drug-likeness (QED) is 0.527. The van der Waals surface area contributed by atoms with Crippen molar-refractivity contribution >= 4 is 49.5 Å². The van der Waals surface area contributed by atoms with Crippen LogP contribution in [0.1, 0.15) is 0 Å². The topological polar surface area (TPSA) is 90.9 Å². The van der Waals surface area contributed by atoms with Crippen LogP contribution in [-0.2, 0) is 16.4 Å². The van der Waals surface area contributed by atoms with Crippen LogP contribution < -0.4 is 5.73 Å². The molecule has 0 fully saturated rings. The highest BCUT2D eigenvalue weighted by molar-refractivity contribution is 7.92. The number of para-hydroxylation sites is 2. The lowest BCUT2D eigenvalue weighted by Gasteiger charge is -2.06. The largest absolute Gasteiger partial charge is 0.384 e. The van der Waals surface area contributed by atoms with Crippen molar-refractivity contribution in [2.45, 2.75) is 16.3 Å². The van der Waals surface area contributed by atoms with Crippen molar-refractivity contribution in [2.75, 3.05) is 5.73 Å². The minimum Gasteiger partial charge on any atom is -0.384 e. The van der Waals surface area contributed by atoms with Gasteiger partial charge in [0.25, 0.3) is 0 Å². The summed E-state index contributed by atoms with van der Waals surface area (Å²) in [4.78, 5) is 9.11. The number of hydrogen-bond donors (Lipinski definition) is 1. The molecule has 0 saturated heterocycles. The molecule has 27 heavy (non-hydrogen) atoms. The second-order valence-corrected chi connectivity index (χ2v) is 8.28. The molecule has 0 aliphatic rings. The molecule has 0 aliphatic heterocycles. The average Bonchev–Trinajstić information content (AvgIpc) is 2.92. The Morgan fingerprint density at radius 3 is 2.48 bits per heavy atom. The van der Waals surface area contributed by atoms with Crippen molar-refractivity contribution in [2.24, 2.45) is 0 Å². The standard InChI is InChI=1S/C19H15ClN4O2S/c1-2-10-24-18(21)17(27(25,26)13-7-5-6-12(20)11-13)16-19(24)23-15-9-4-3-8-14(15)22-16/h2-9,11H,1,10,21H2. The van der Waals surface area contributed by atoms with E-state index in [4.69, 9.17) is 17.3 Å². The zero-order valence-corrected chi connectivity index (χ0v) is 15.7. The van der Waals surface area contributed by atoms with E-state index in [1.54, 1.807) is 28.8 Å². The number of benzene rings is 2. The summed E-state index contributed by atoms with van der Waals surface area (Å²) in [5.74, 6) is 0.0696. The monoisotopic (exact) mass is 398 g/mol. The van der Waals surface area contributed by atoms with Gasteiger partial charge in [0.1, 0.15) is 16.2 Å². The summed E-state index contributed by atoms with van der Waals surface area (Å²) in [6.07, 6.45) is 1.63. The van der Waals surface area contributed by atoms with E-state index in [2.05, 4.69) is 16.5 Å². The van der Waals surface area contributed by atoms with Gasteiger partial charge in [-0.15, -0.1) is 6.58 Å². The molecule has 136 valence electrons. The van der Waals surface area contributed by atoms with Gasteiger partial charge in [-0.25, -0.2) is 18.4 Å². The fraction of sp³-hybridized carbons (Fsp3) is 0.0526. The Balaban J connectivity index is 2.12. The number of anilines is 1. The number of rotatable bonds is 4. The highest BCUT2D eigenvalue weighted by Gasteiger charge is 2.30. The molecule has 2 N–H and O–H groups in total. The number of nitrogen functional groups attached to an aromatic ring is 1. The minimum atomic E-state index is -3.95. The normalized spacial score (nSPS) is 11.9. The van der Waals surface area contributed by atoms with Crippen molar-refractivity contribution in [3.63, 3.8) is 0 Å². The number of fused-ring (bicyclic) bond motifs is 2. The fourth-order valence-corrected chi connectivity index (χ4v) is 4.83. The lowest BCUT2D eigenvalue weighted by molar-refractivity contribution is 0.597. The summed E-state index contributed by atoms with van der Waals surface area (Å²) < 4.78 is 28.3. The van der Waals surface area contributed by atoms with Crippen LogP contribution in [-0.4, -0.2) is 23.0 Å². The fourth-order valence-electron chi connectivity index (χ4n) is 3.02. The number of halogens is 1. The molecule has 0 radical (unpaired) electrons. The summed E-state index contributed by atoms with van der Waals surface area (Å²) in [5.41, 5.74) is 8.11. The number of nitrogens with two attached hydrogens (primary N) is 1. The summed E-state index contributed by atoms with van der Waals surface area (Å²) in [7, 11) is -3.95. The smallest absolute Gasteiger partial charge is 0.212 e. The lowest BCUT2D eigenvalue weighted by atomic mass is 10.3. The molecule has 8 heteroatoms. The first-order chi connectivity index (χ1) is 12.9. The van der Waals surface area contributed by atoms with Crippen molar-refractivity contribution < 1.29 is 8.42 Å². The molecule has 0 aliphatic carbocycles. The molecular formula is C19H15ClN4O2S. The highest BCUT2D eigenvalue weighted by atomic mass is 35.5. The molecule has 2 aromatic heterocycles. The maximum absolute atomic E-state index is 13.3. The van der Waals surface area contributed by atoms with Gasteiger partial charge in [-0.1, -0.05) is 35.9 Å². The van der Waals surface area contributed by atoms with Gasteiger partial charge in [0, 0.05) is 11.6 Å². The van der Waals surface area contributed by atoms with Gasteiger partial charge < -0.3 is 10.3 Å². The number of allylic oxidation sites excluding steroid dienone is 1. The molecule has 2 heterocycles. The van der Waals surface area contributed by atoms with Gasteiger partial charge in [-0.05, 0) is 30.3 Å². The van der Waals surface area contributed by atoms with Crippen LogP contribution >= 0.6 is 11.6 Å². The van der Waals surface area contributed by atoms with E-state index < -0.39 is 9.84 Å². The van der Waals surface area contributed by atoms with Gasteiger partial charge in [0.05, 0.1) is 15.9 Å². The Morgan fingerprint density at radius 2 is 1.81 bits per heavy atom. The van der Waals surface area contributed by atoms with Crippen molar-refractivity contribution in [1.82, 2.24) is 14.5 Å². The maximum atomic E-state index is 13.3. The third-order valence-electron chi connectivity index (χ3n) is 4.23. The van der Waals surface area contributed by atoms with E-state index in [0.29, 0.717) is 28.2 Å². The van der Waals surface area contributed by atoms with Gasteiger partial charge in [-0.2, -0.15) is 0 Å². The van der Waals surface area contributed by atoms with E-state index in [1.165, 1.54) is 12.1 Å². The summed E-state index contributed by atoms with van der Waals surface area (Å²) >= 11 is 5.99. The van der Waals surface area contributed by atoms with Crippen molar-refractivity contribution in [3.8, 4) is 0 Å². The van der Waals surface area contributed by atoms with E-state index in [9.17, 15) is 8.42 Å². The number of sulfone groups is 1. The second-order valence-electron chi connectivity index (χ2n) is 5.96. The van der Waals surface area contributed by atoms with Gasteiger partial charge in [-0.3, -0.25) is 0 Å². The van der Waals surface area contributed by atoms with Crippen LogP contribution in [0.4, 0.5) is 5.82 Å². The predicted octanol–water partition coefficient (Wildman–Crippen LogP) is 3.84. The lowest BCUT2D eigenvalue weighted by Crippen LogP contribution is -2.07. The highest BCUT2D eigenvalue weighted by Crippen LogP contribution is 2.35. The Morgan fingerprint density at radius 1 is 1.11 bits per heavy atom. The first-order valence-electron chi connectivity index (χ1n) is 8.09. The van der Waals surface area contributed by atoms with Gasteiger partial charge >= 0.3 is 0 Å². The molecule has 2 aromatic carbocycles. The third-order valence-corrected chi connectivity index (χ3v) is 6.28. The molecule has 0 saturated carbocycles. The van der Waals surface area contributed by atoms with Crippen LogP contribution in [0.25, 0.3) is 22.2 Å². The Hall–Kier alpha value is -2.90. The molecule has 0 unspecified atom stereocenters. The Kier molecular flexibility index (Phi) is 4.13. The van der Waals surface area contributed by atoms with E-state index in [-0.39, 0.29) is 21.1 Å². The molecule has 0 bridgehead atoms. The second kappa shape index (κ2) is 6.37. The Bertz CT molecular complexity index is 1310. The summed E-state index contributed by atoms with van der Waals surface area (Å²) in [6.45, 7) is 4.02. The molecule has 0 atom stereocenters. The Labute approximate surface area is 160 Å². The first-order valence-corrected chi connectivity index (χ1v) is 9.95. The van der Waals surface area contributed by atoms with Crippen LogP contribution in [0.15, 0.2) is 71.0 Å². The zero-order valence-electron chi connectivity index (χ0n) is 14.1. The average molecular weight is 399 g/mol. The number of hydrogen-bond acceptors (Lipinski definition) is 5. The maximum Gasteiger partial charge on any atom is 0.212 e. The molecule has 4 aromatic rings. The molecule has 6 nitrogen and oxygen atoms in total. The first kappa shape index (κ1) is 17.5. The van der Waals surface area contributed by atoms with Gasteiger partial charge in [0.2, 0.25) is 9.84 Å². The van der Waals surface area contributed by atoms with Crippen molar-refractivity contribution in [1.29, 1.82) is 0 Å². The molecule has 4 rings (SSSR count). The molecule has 0 spiro atoms. The van der Waals surface area contributed by atoms with Crippen molar-refractivity contribution in [3.05, 3.63) is 66.2 Å². The van der Waals surface area contributed by atoms with Crippen LogP contribution in [0.3, 0.4) is 0 Å². The SMILES string of the molecule is C=CCn1c(N)c(S(=O)(=O)c2cccc(Cl)c2)c2nc3ccccc3nc21. The molecule has 0 amide bonds. The number of aromatic nitrogens is 3. The minimum absolute atomic E-state index is 0.0503. The number of nitrogens with zero attached hydrogens (tertiary/aromatic N) is 3. The third kappa shape index (κ3) is 2.75. The summed E-state index contributed by atoms with van der Waals surface area (Å²) in [5, 5.41) is 0.320. The summed E-state index contributed by atoms with van der Waals surface area (Å²) in [6, 6.07) is 13.3. The van der Waals surface area contributed by atoms with E-state index in [0.717, 1.165) is 0 Å². The van der Waals surface area contributed by atoms with E-state index in [1.807, 2.05) is 18.2 Å². The zero-order chi connectivity index (χ0) is 19.2. The van der Waals surface area contributed by atoms with Gasteiger partial charge in [0.15, 0.2) is 5.65 Å². The van der Waals surface area contributed by atoms with Crippen LogP contribution in [0, 0.1) is 0 Å². The van der Waals surface area contributed by atoms with Crippen LogP contribution in [0.5, 0.6) is 0 Å². The predicted molar refractivity (Wildman–Crippen MR) is 107 cm³/mol. The molecular weight excluding hydrogens is 384 g/mol. The van der Waals surface area contributed by atoms with Crippen LogP contribution in [0.2, 0.25) is 5.02 Å².